The fraction of sp³-hybridized carbons (Fsp3) is 0.462. The molecule has 1 atom stereocenters. The Bertz CT molecular complexity index is 514. The lowest BCUT2D eigenvalue weighted by atomic mass is 10.2. The van der Waals surface area contributed by atoms with Crippen molar-refractivity contribution in [3.63, 3.8) is 0 Å². The zero-order valence-electron chi connectivity index (χ0n) is 10.0. The van der Waals surface area contributed by atoms with Gasteiger partial charge in [0.2, 0.25) is 0 Å². The van der Waals surface area contributed by atoms with Crippen LogP contribution < -0.4 is 10.1 Å². The Balaban J connectivity index is 1.98. The van der Waals surface area contributed by atoms with Crippen LogP contribution in [0.1, 0.15) is 12.8 Å². The van der Waals surface area contributed by atoms with Crippen LogP contribution in [0.2, 0.25) is 0 Å². The lowest BCUT2D eigenvalue weighted by Crippen LogP contribution is -2.27. The summed E-state index contributed by atoms with van der Waals surface area (Å²) in [5.74, 6) is 0.901. The van der Waals surface area contributed by atoms with E-state index in [9.17, 15) is 0 Å². The van der Waals surface area contributed by atoms with Crippen molar-refractivity contribution in [2.45, 2.75) is 25.4 Å². The number of hydrogen-bond donors (Lipinski definition) is 1. The first-order valence-electron chi connectivity index (χ1n) is 6.10. The van der Waals surface area contributed by atoms with Crippen LogP contribution in [0.5, 0.6) is 5.75 Å². The molecule has 0 radical (unpaired) electrons. The molecule has 1 aliphatic heterocycles. The van der Waals surface area contributed by atoms with Crippen LogP contribution in [-0.2, 0) is 6.54 Å². The van der Waals surface area contributed by atoms with Gasteiger partial charge < -0.3 is 10.1 Å². The molecule has 2 heterocycles. The van der Waals surface area contributed by atoms with Gasteiger partial charge in [0, 0.05) is 11.4 Å². The van der Waals surface area contributed by atoms with E-state index in [2.05, 4.69) is 21.2 Å². The van der Waals surface area contributed by atoms with Crippen molar-refractivity contribution in [1.29, 1.82) is 0 Å². The molecule has 3 rings (SSSR count). The third-order valence-corrected chi connectivity index (χ3v) is 3.40. The molecule has 17 heavy (non-hydrogen) atoms. The number of methoxy groups -OCH3 is 1. The fourth-order valence-electron chi connectivity index (χ4n) is 2.53. The predicted octanol–water partition coefficient (Wildman–Crippen LogP) is 1.80. The monoisotopic (exact) mass is 231 g/mol. The first-order chi connectivity index (χ1) is 8.38. The lowest BCUT2D eigenvalue weighted by Gasteiger charge is -2.12. The first kappa shape index (κ1) is 10.6. The van der Waals surface area contributed by atoms with E-state index >= 15 is 0 Å². The molecule has 90 valence electrons. The molecule has 1 saturated heterocycles. The Hall–Kier alpha value is -1.55. The van der Waals surface area contributed by atoms with E-state index in [4.69, 9.17) is 4.74 Å². The Kier molecular flexibility index (Phi) is 2.73. The largest absolute Gasteiger partial charge is 0.494 e. The number of benzene rings is 1. The number of nitrogens with one attached hydrogen (secondary N) is 1. The van der Waals surface area contributed by atoms with Gasteiger partial charge in [-0.25, -0.2) is 0 Å². The number of fused-ring (bicyclic) bond motifs is 1. The molecule has 1 aromatic heterocycles. The molecule has 1 unspecified atom stereocenters. The summed E-state index contributed by atoms with van der Waals surface area (Å²) in [4.78, 5) is 0. The van der Waals surface area contributed by atoms with Crippen molar-refractivity contribution in [3.05, 3.63) is 24.4 Å². The van der Waals surface area contributed by atoms with E-state index in [1.165, 1.54) is 12.8 Å². The van der Waals surface area contributed by atoms with E-state index in [-0.39, 0.29) is 0 Å². The molecular weight excluding hydrogens is 214 g/mol. The highest BCUT2D eigenvalue weighted by Crippen LogP contribution is 2.25. The van der Waals surface area contributed by atoms with Crippen molar-refractivity contribution in [2.75, 3.05) is 13.7 Å². The zero-order valence-corrected chi connectivity index (χ0v) is 10.0. The highest BCUT2D eigenvalue weighted by atomic mass is 16.5. The maximum absolute atomic E-state index is 5.41. The minimum atomic E-state index is 0.544. The second kappa shape index (κ2) is 4.37. The van der Waals surface area contributed by atoms with Gasteiger partial charge in [-0.1, -0.05) is 12.1 Å². The zero-order chi connectivity index (χ0) is 11.7. The molecular formula is C13H17N3O. The number of nitrogens with zero attached hydrogens (tertiary/aromatic N) is 2. The molecule has 0 aliphatic carbocycles. The minimum Gasteiger partial charge on any atom is -0.494 e. The molecule has 1 N–H and O–H groups in total. The molecule has 0 bridgehead atoms. The van der Waals surface area contributed by atoms with Gasteiger partial charge in [-0.2, -0.15) is 5.10 Å². The Morgan fingerprint density at radius 2 is 2.47 bits per heavy atom. The second-order valence-electron chi connectivity index (χ2n) is 4.52. The molecule has 0 saturated carbocycles. The SMILES string of the molecule is COc1cccc2cnn(CC3CCCN3)c12. The summed E-state index contributed by atoms with van der Waals surface area (Å²) < 4.78 is 7.46. The van der Waals surface area contributed by atoms with E-state index < -0.39 is 0 Å². The summed E-state index contributed by atoms with van der Waals surface area (Å²) in [7, 11) is 1.71. The van der Waals surface area contributed by atoms with Crippen LogP contribution in [0.3, 0.4) is 0 Å². The molecule has 0 spiro atoms. The standard InChI is InChI=1S/C13H17N3O/c1-17-12-6-2-4-10-8-15-16(13(10)12)9-11-5-3-7-14-11/h2,4,6,8,11,14H,3,5,7,9H2,1H3. The van der Waals surface area contributed by atoms with Gasteiger partial charge in [0.1, 0.15) is 11.3 Å². The maximum atomic E-state index is 5.41. The molecule has 2 aromatic rings. The molecule has 4 heteroatoms. The normalized spacial score (nSPS) is 19.9. The molecule has 1 fully saturated rings. The summed E-state index contributed by atoms with van der Waals surface area (Å²) in [6.45, 7) is 2.05. The number of para-hydroxylation sites is 1. The van der Waals surface area contributed by atoms with Gasteiger partial charge in [-0.3, -0.25) is 4.68 Å². The highest BCUT2D eigenvalue weighted by Gasteiger charge is 2.17. The van der Waals surface area contributed by atoms with Crippen molar-refractivity contribution >= 4 is 10.9 Å². The Labute approximate surface area is 101 Å². The number of hydrogen-bond acceptors (Lipinski definition) is 3. The molecule has 1 aliphatic rings. The van der Waals surface area contributed by atoms with Crippen LogP contribution in [0, 0.1) is 0 Å². The topological polar surface area (TPSA) is 39.1 Å². The number of rotatable bonds is 3. The van der Waals surface area contributed by atoms with Crippen molar-refractivity contribution in [3.8, 4) is 5.75 Å². The van der Waals surface area contributed by atoms with Crippen LogP contribution >= 0.6 is 0 Å². The van der Waals surface area contributed by atoms with Crippen LogP contribution in [0.15, 0.2) is 24.4 Å². The van der Waals surface area contributed by atoms with Gasteiger partial charge in [0.15, 0.2) is 0 Å². The lowest BCUT2D eigenvalue weighted by molar-refractivity contribution is 0.413. The van der Waals surface area contributed by atoms with E-state index in [0.717, 1.165) is 29.7 Å². The van der Waals surface area contributed by atoms with Gasteiger partial charge in [0.25, 0.3) is 0 Å². The summed E-state index contributed by atoms with van der Waals surface area (Å²) in [6, 6.07) is 6.61. The van der Waals surface area contributed by atoms with E-state index in [1.807, 2.05) is 18.3 Å². The van der Waals surface area contributed by atoms with Crippen molar-refractivity contribution in [1.82, 2.24) is 15.1 Å². The molecule has 0 amide bonds. The predicted molar refractivity (Wildman–Crippen MR) is 67.3 cm³/mol. The number of aromatic nitrogens is 2. The van der Waals surface area contributed by atoms with Crippen molar-refractivity contribution in [2.24, 2.45) is 0 Å². The fourth-order valence-corrected chi connectivity index (χ4v) is 2.53. The van der Waals surface area contributed by atoms with Crippen LogP contribution in [0.25, 0.3) is 10.9 Å². The molecule has 4 nitrogen and oxygen atoms in total. The summed E-state index contributed by atoms with van der Waals surface area (Å²) in [5.41, 5.74) is 1.10. The summed E-state index contributed by atoms with van der Waals surface area (Å²) in [5, 5.41) is 9.10. The quantitative estimate of drug-likeness (QED) is 0.875. The summed E-state index contributed by atoms with van der Waals surface area (Å²) in [6.07, 6.45) is 4.41. The van der Waals surface area contributed by atoms with Gasteiger partial charge in [0.05, 0.1) is 19.9 Å². The summed E-state index contributed by atoms with van der Waals surface area (Å²) >= 11 is 0. The maximum Gasteiger partial charge on any atom is 0.144 e. The Morgan fingerprint density at radius 3 is 3.24 bits per heavy atom. The third-order valence-electron chi connectivity index (χ3n) is 3.40. The average Bonchev–Trinajstić information content (AvgIpc) is 2.99. The Morgan fingerprint density at radius 1 is 1.53 bits per heavy atom. The molecule has 1 aromatic carbocycles. The minimum absolute atomic E-state index is 0.544. The smallest absolute Gasteiger partial charge is 0.144 e. The average molecular weight is 231 g/mol. The van der Waals surface area contributed by atoms with Gasteiger partial charge in [-0.15, -0.1) is 0 Å². The van der Waals surface area contributed by atoms with Gasteiger partial charge in [-0.05, 0) is 25.5 Å². The third kappa shape index (κ3) is 1.89. The van der Waals surface area contributed by atoms with Crippen LogP contribution in [0.4, 0.5) is 0 Å². The van der Waals surface area contributed by atoms with E-state index in [1.54, 1.807) is 7.11 Å². The number of ether oxygens (including phenoxy) is 1. The first-order valence-corrected chi connectivity index (χ1v) is 6.10. The van der Waals surface area contributed by atoms with E-state index in [0.29, 0.717) is 6.04 Å². The van der Waals surface area contributed by atoms with Crippen molar-refractivity contribution < 1.29 is 4.74 Å². The highest BCUT2D eigenvalue weighted by molar-refractivity contribution is 5.84. The second-order valence-corrected chi connectivity index (χ2v) is 4.52. The van der Waals surface area contributed by atoms with Gasteiger partial charge >= 0.3 is 0 Å². The van der Waals surface area contributed by atoms with Crippen LogP contribution in [-0.4, -0.2) is 29.5 Å².